The van der Waals surface area contributed by atoms with Crippen LogP contribution in [0, 0.1) is 17.5 Å². The van der Waals surface area contributed by atoms with E-state index < -0.39 is 46.8 Å². The highest BCUT2D eigenvalue weighted by Crippen LogP contribution is 2.32. The van der Waals surface area contributed by atoms with Crippen molar-refractivity contribution in [1.82, 2.24) is 0 Å². The minimum Gasteiger partial charge on any atom is -0.423 e. The molecule has 160 valence electrons. The lowest BCUT2D eigenvalue weighted by atomic mass is 9.88. The van der Waals surface area contributed by atoms with Gasteiger partial charge < -0.3 is 9.47 Å². The van der Waals surface area contributed by atoms with E-state index in [0.29, 0.717) is 30.5 Å². The average molecular weight is 430 g/mol. The van der Waals surface area contributed by atoms with E-state index in [1.165, 1.54) is 11.6 Å². The summed E-state index contributed by atoms with van der Waals surface area (Å²) in [6, 6.07) is 3.48. The molecule has 0 aliphatic heterocycles. The maximum absolute atomic E-state index is 14.8. The number of ether oxygens (including phenoxy) is 2. The fraction of sp³-hybridized carbons (Fsp3) is 0.286. The monoisotopic (exact) mass is 430 g/mol. The molecule has 9 heteroatoms. The van der Waals surface area contributed by atoms with E-state index in [9.17, 15) is 31.1 Å². The lowest BCUT2D eigenvalue weighted by Crippen LogP contribution is -2.19. The van der Waals surface area contributed by atoms with Gasteiger partial charge in [0.1, 0.15) is 11.6 Å². The molecular formula is C21H16F6O3. The quantitative estimate of drug-likeness (QED) is 0.251. The summed E-state index contributed by atoms with van der Waals surface area (Å²) >= 11 is 0. The smallest absolute Gasteiger partial charge is 0.423 e. The van der Waals surface area contributed by atoms with Crippen LogP contribution in [0.25, 0.3) is 0 Å². The van der Waals surface area contributed by atoms with Crippen molar-refractivity contribution < 1.29 is 40.6 Å². The number of hydrogen-bond donors (Lipinski definition) is 0. The molecule has 30 heavy (non-hydrogen) atoms. The molecule has 1 aliphatic carbocycles. The third-order valence-electron chi connectivity index (χ3n) is 4.54. The summed E-state index contributed by atoms with van der Waals surface area (Å²) in [6.07, 6.45) is -0.716. The van der Waals surface area contributed by atoms with Crippen LogP contribution in [0.4, 0.5) is 26.3 Å². The highest BCUT2D eigenvalue weighted by atomic mass is 19.4. The Bertz CT molecular complexity index is 988. The summed E-state index contributed by atoms with van der Waals surface area (Å²) in [4.78, 5) is 12.3. The molecule has 0 fully saturated rings. The molecule has 0 atom stereocenters. The topological polar surface area (TPSA) is 35.5 Å². The standard InChI is InChI=1S/C21H16F6O3/c1-2-3-11-4-6-14-12(8-11)5-7-15(18(14)24)20(28)29-13-9-16(22)19(17(23)10-13)30-21(25,26)27/h4-5,7,9-10H,2-3,6,8H2,1H3. The molecule has 0 saturated carbocycles. The normalized spacial score (nSPS) is 13.5. The number of rotatable bonds is 5. The molecule has 0 heterocycles. The maximum atomic E-state index is 14.8. The van der Waals surface area contributed by atoms with Gasteiger partial charge in [-0.05, 0) is 36.5 Å². The zero-order chi connectivity index (χ0) is 22.1. The van der Waals surface area contributed by atoms with Crippen LogP contribution >= 0.6 is 0 Å². The van der Waals surface area contributed by atoms with Crippen LogP contribution in [-0.4, -0.2) is 12.3 Å². The van der Waals surface area contributed by atoms with Gasteiger partial charge >= 0.3 is 12.3 Å². The van der Waals surface area contributed by atoms with Crippen LogP contribution in [0.15, 0.2) is 35.9 Å². The Hall–Kier alpha value is -2.97. The van der Waals surface area contributed by atoms with Gasteiger partial charge in [0, 0.05) is 12.1 Å². The van der Waals surface area contributed by atoms with E-state index >= 15 is 0 Å². The van der Waals surface area contributed by atoms with Crippen molar-refractivity contribution in [2.75, 3.05) is 0 Å². The number of halogens is 6. The highest BCUT2D eigenvalue weighted by molar-refractivity contribution is 5.91. The number of fused-ring (bicyclic) bond motifs is 1. The van der Waals surface area contributed by atoms with E-state index in [1.807, 2.05) is 13.0 Å². The first kappa shape index (κ1) is 21.7. The van der Waals surface area contributed by atoms with Gasteiger partial charge in [-0.25, -0.2) is 18.0 Å². The molecule has 3 nitrogen and oxygen atoms in total. The lowest BCUT2D eigenvalue weighted by Gasteiger charge is -2.19. The molecule has 0 spiro atoms. The van der Waals surface area contributed by atoms with Gasteiger partial charge in [-0.15, -0.1) is 13.2 Å². The second-order valence-corrected chi connectivity index (χ2v) is 6.71. The summed E-state index contributed by atoms with van der Waals surface area (Å²) in [5.74, 6) is -7.91. The predicted molar refractivity (Wildman–Crippen MR) is 94.8 cm³/mol. The SMILES string of the molecule is CCCC1=CCc2c(ccc(C(=O)Oc3cc(F)c(OC(F)(F)F)c(F)c3)c2F)C1. The Kier molecular flexibility index (Phi) is 6.09. The summed E-state index contributed by atoms with van der Waals surface area (Å²) in [5.41, 5.74) is 1.79. The zero-order valence-corrected chi connectivity index (χ0v) is 15.7. The summed E-state index contributed by atoms with van der Waals surface area (Å²) in [7, 11) is 0. The van der Waals surface area contributed by atoms with Gasteiger partial charge in [-0.2, -0.15) is 0 Å². The first-order chi connectivity index (χ1) is 14.1. The molecule has 2 aromatic carbocycles. The molecular weight excluding hydrogens is 414 g/mol. The molecule has 0 bridgehead atoms. The number of carbonyl (C=O) groups excluding carboxylic acids is 1. The Morgan fingerprint density at radius 1 is 1.10 bits per heavy atom. The fourth-order valence-electron chi connectivity index (χ4n) is 3.25. The van der Waals surface area contributed by atoms with Gasteiger partial charge in [-0.1, -0.05) is 31.1 Å². The molecule has 0 amide bonds. The third kappa shape index (κ3) is 4.77. The van der Waals surface area contributed by atoms with Crippen LogP contribution < -0.4 is 9.47 Å². The molecule has 3 rings (SSSR count). The van der Waals surface area contributed by atoms with Crippen LogP contribution in [0.1, 0.15) is 41.3 Å². The van der Waals surface area contributed by atoms with E-state index in [0.717, 1.165) is 18.4 Å². The minimum atomic E-state index is -5.31. The number of hydrogen-bond acceptors (Lipinski definition) is 3. The first-order valence-electron chi connectivity index (χ1n) is 9.04. The molecule has 1 aliphatic rings. The van der Waals surface area contributed by atoms with Crippen LogP contribution in [0.5, 0.6) is 11.5 Å². The number of esters is 1. The summed E-state index contributed by atoms with van der Waals surface area (Å²) < 4.78 is 86.9. The Balaban J connectivity index is 1.81. The maximum Gasteiger partial charge on any atom is 0.573 e. The van der Waals surface area contributed by atoms with Crippen molar-refractivity contribution >= 4 is 5.97 Å². The van der Waals surface area contributed by atoms with Crippen LogP contribution in [-0.2, 0) is 12.8 Å². The molecule has 0 saturated heterocycles. The number of carbonyl (C=O) groups is 1. The molecule has 2 aromatic rings. The molecule has 0 aromatic heterocycles. The second kappa shape index (κ2) is 8.41. The first-order valence-corrected chi connectivity index (χ1v) is 9.04. The van der Waals surface area contributed by atoms with E-state index in [2.05, 4.69) is 4.74 Å². The van der Waals surface area contributed by atoms with Crippen LogP contribution in [0.2, 0.25) is 0 Å². The van der Waals surface area contributed by atoms with Crippen molar-refractivity contribution in [3.63, 3.8) is 0 Å². The number of alkyl halides is 3. The van der Waals surface area contributed by atoms with Crippen LogP contribution in [0.3, 0.4) is 0 Å². The zero-order valence-electron chi connectivity index (χ0n) is 15.7. The molecule has 0 unspecified atom stereocenters. The average Bonchev–Trinajstić information content (AvgIpc) is 2.64. The van der Waals surface area contributed by atoms with Gasteiger partial charge in [0.15, 0.2) is 11.6 Å². The van der Waals surface area contributed by atoms with Crippen molar-refractivity contribution in [2.45, 2.75) is 39.0 Å². The number of benzene rings is 2. The van der Waals surface area contributed by atoms with Crippen molar-refractivity contribution in [2.24, 2.45) is 0 Å². The predicted octanol–water partition coefficient (Wildman–Crippen LogP) is 6.05. The molecule has 0 N–H and O–H groups in total. The van der Waals surface area contributed by atoms with Crippen molar-refractivity contribution in [3.05, 3.63) is 70.1 Å². The highest BCUT2D eigenvalue weighted by Gasteiger charge is 2.34. The second-order valence-electron chi connectivity index (χ2n) is 6.71. The van der Waals surface area contributed by atoms with E-state index in [-0.39, 0.29) is 0 Å². The Morgan fingerprint density at radius 2 is 1.77 bits per heavy atom. The Morgan fingerprint density at radius 3 is 2.37 bits per heavy atom. The van der Waals surface area contributed by atoms with Crippen molar-refractivity contribution in [3.8, 4) is 11.5 Å². The lowest BCUT2D eigenvalue weighted by molar-refractivity contribution is -0.276. The summed E-state index contributed by atoms with van der Waals surface area (Å²) in [6.45, 7) is 2.03. The van der Waals surface area contributed by atoms with Gasteiger partial charge in [0.05, 0.1) is 5.56 Å². The third-order valence-corrected chi connectivity index (χ3v) is 4.54. The minimum absolute atomic E-state index is 0.296. The summed E-state index contributed by atoms with van der Waals surface area (Å²) in [5, 5.41) is 0. The Labute approximate surface area is 167 Å². The van der Waals surface area contributed by atoms with Crippen molar-refractivity contribution in [1.29, 1.82) is 0 Å². The fourth-order valence-corrected chi connectivity index (χ4v) is 3.25. The largest absolute Gasteiger partial charge is 0.573 e. The van der Waals surface area contributed by atoms with Gasteiger partial charge in [0.2, 0.25) is 5.75 Å². The van der Waals surface area contributed by atoms with Gasteiger partial charge in [0.25, 0.3) is 0 Å². The van der Waals surface area contributed by atoms with E-state index in [4.69, 9.17) is 4.74 Å². The van der Waals surface area contributed by atoms with Gasteiger partial charge in [-0.3, -0.25) is 0 Å². The number of allylic oxidation sites excluding steroid dienone is 2. The molecule has 0 radical (unpaired) electrons. The van der Waals surface area contributed by atoms with E-state index in [1.54, 1.807) is 6.07 Å².